The summed E-state index contributed by atoms with van der Waals surface area (Å²) in [5, 5.41) is 7.38. The molecule has 1 aromatic heterocycles. The molecule has 0 spiro atoms. The molecule has 0 unspecified atom stereocenters. The first-order valence-electron chi connectivity index (χ1n) is 9.70. The van der Waals surface area contributed by atoms with E-state index in [4.69, 9.17) is 19.0 Å². The third-order valence-corrected chi connectivity index (χ3v) is 4.56. The first kappa shape index (κ1) is 20.0. The van der Waals surface area contributed by atoms with Crippen LogP contribution in [0.5, 0.6) is 11.5 Å². The number of hydrogen-bond acceptors (Lipinski definition) is 6. The van der Waals surface area contributed by atoms with Gasteiger partial charge in [-0.25, -0.2) is 4.99 Å². The standard InChI is InChI=1S/C20H29N5O3/c1-3-21-20(22-9-15-27-19-6-4-18(26-2)5-7-19)25-12-10-24(11-13-25)16-17-8-14-28-23-17/h4-8,14H,3,9-13,15-16H2,1-2H3,(H,21,22). The predicted octanol–water partition coefficient (Wildman–Crippen LogP) is 1.85. The number of guanidine groups is 1. The molecule has 2 aromatic rings. The lowest BCUT2D eigenvalue weighted by atomic mass is 10.3. The summed E-state index contributed by atoms with van der Waals surface area (Å²) in [6, 6.07) is 9.51. The zero-order valence-electron chi connectivity index (χ0n) is 16.6. The Labute approximate surface area is 166 Å². The SMILES string of the molecule is CCNC(=NCCOc1ccc(OC)cc1)N1CCN(Cc2ccon2)CC1. The summed E-state index contributed by atoms with van der Waals surface area (Å²) in [5.41, 5.74) is 0.977. The Morgan fingerprint density at radius 2 is 1.89 bits per heavy atom. The highest BCUT2D eigenvalue weighted by molar-refractivity contribution is 5.80. The average molecular weight is 387 g/mol. The molecule has 8 heteroatoms. The van der Waals surface area contributed by atoms with Gasteiger partial charge in [-0.3, -0.25) is 4.90 Å². The van der Waals surface area contributed by atoms with Gasteiger partial charge in [0.25, 0.3) is 0 Å². The fraction of sp³-hybridized carbons (Fsp3) is 0.500. The molecule has 0 atom stereocenters. The highest BCUT2D eigenvalue weighted by Gasteiger charge is 2.20. The molecule has 0 bridgehead atoms. The zero-order valence-corrected chi connectivity index (χ0v) is 16.6. The average Bonchev–Trinajstić information content (AvgIpc) is 3.24. The van der Waals surface area contributed by atoms with Crippen molar-refractivity contribution < 1.29 is 14.0 Å². The molecule has 2 heterocycles. The van der Waals surface area contributed by atoms with Crippen LogP contribution in [-0.4, -0.2) is 73.9 Å². The van der Waals surface area contributed by atoms with Gasteiger partial charge in [-0.15, -0.1) is 0 Å². The second kappa shape index (κ2) is 10.6. The van der Waals surface area contributed by atoms with Gasteiger partial charge in [0.2, 0.25) is 0 Å². The molecule has 1 aromatic carbocycles. The zero-order chi connectivity index (χ0) is 19.6. The molecular weight excluding hydrogens is 358 g/mol. The van der Waals surface area contributed by atoms with Crippen molar-refractivity contribution in [2.75, 3.05) is 53.0 Å². The Bertz CT molecular complexity index is 710. The molecule has 1 aliphatic rings. The number of nitrogens with one attached hydrogen (secondary N) is 1. The molecule has 1 aliphatic heterocycles. The maximum Gasteiger partial charge on any atom is 0.194 e. The van der Waals surface area contributed by atoms with Crippen molar-refractivity contribution in [3.63, 3.8) is 0 Å². The van der Waals surface area contributed by atoms with E-state index < -0.39 is 0 Å². The van der Waals surface area contributed by atoms with E-state index in [9.17, 15) is 0 Å². The molecule has 0 amide bonds. The van der Waals surface area contributed by atoms with E-state index in [0.29, 0.717) is 13.2 Å². The van der Waals surface area contributed by atoms with E-state index in [1.165, 1.54) is 0 Å². The summed E-state index contributed by atoms with van der Waals surface area (Å²) in [4.78, 5) is 9.40. The molecule has 3 rings (SSSR count). The van der Waals surface area contributed by atoms with E-state index in [-0.39, 0.29) is 0 Å². The molecule has 1 saturated heterocycles. The minimum atomic E-state index is 0.535. The monoisotopic (exact) mass is 387 g/mol. The van der Waals surface area contributed by atoms with E-state index in [1.54, 1.807) is 13.4 Å². The van der Waals surface area contributed by atoms with Crippen molar-refractivity contribution in [1.29, 1.82) is 0 Å². The van der Waals surface area contributed by atoms with Crippen LogP contribution in [0.4, 0.5) is 0 Å². The Kier molecular flexibility index (Phi) is 7.54. The van der Waals surface area contributed by atoms with Crippen LogP contribution in [-0.2, 0) is 6.54 Å². The lowest BCUT2D eigenvalue weighted by Crippen LogP contribution is -2.52. The quantitative estimate of drug-likeness (QED) is 0.421. The lowest BCUT2D eigenvalue weighted by molar-refractivity contribution is 0.169. The molecule has 0 radical (unpaired) electrons. The first-order chi connectivity index (χ1) is 13.8. The summed E-state index contributed by atoms with van der Waals surface area (Å²) in [6.45, 7) is 8.71. The van der Waals surface area contributed by atoms with Crippen LogP contribution in [0, 0.1) is 0 Å². The second-order valence-corrected chi connectivity index (χ2v) is 6.51. The molecule has 8 nitrogen and oxygen atoms in total. The number of rotatable bonds is 8. The van der Waals surface area contributed by atoms with Gasteiger partial charge in [-0.1, -0.05) is 5.16 Å². The van der Waals surface area contributed by atoms with Crippen LogP contribution in [0.3, 0.4) is 0 Å². The predicted molar refractivity (Wildman–Crippen MR) is 108 cm³/mol. The van der Waals surface area contributed by atoms with E-state index >= 15 is 0 Å². The summed E-state index contributed by atoms with van der Waals surface area (Å²) in [7, 11) is 1.65. The number of benzene rings is 1. The number of aliphatic imine (C=N–C) groups is 1. The number of methoxy groups -OCH3 is 1. The molecule has 1 N–H and O–H groups in total. The Hall–Kier alpha value is -2.74. The smallest absolute Gasteiger partial charge is 0.194 e. The van der Waals surface area contributed by atoms with Crippen LogP contribution >= 0.6 is 0 Å². The molecule has 1 fully saturated rings. The Morgan fingerprint density at radius 1 is 1.14 bits per heavy atom. The van der Waals surface area contributed by atoms with Gasteiger partial charge in [0.05, 0.1) is 19.3 Å². The topological polar surface area (TPSA) is 75.4 Å². The van der Waals surface area contributed by atoms with E-state index in [1.807, 2.05) is 30.3 Å². The number of ether oxygens (including phenoxy) is 2. The van der Waals surface area contributed by atoms with Crippen LogP contribution in [0.15, 0.2) is 46.1 Å². The molecule has 28 heavy (non-hydrogen) atoms. The third kappa shape index (κ3) is 5.88. The second-order valence-electron chi connectivity index (χ2n) is 6.51. The number of nitrogens with zero attached hydrogens (tertiary/aromatic N) is 4. The van der Waals surface area contributed by atoms with Gasteiger partial charge in [-0.05, 0) is 31.2 Å². The Balaban J connectivity index is 1.44. The molecule has 0 saturated carbocycles. The van der Waals surface area contributed by atoms with Crippen LogP contribution < -0.4 is 14.8 Å². The van der Waals surface area contributed by atoms with Crippen LogP contribution in [0.25, 0.3) is 0 Å². The third-order valence-electron chi connectivity index (χ3n) is 4.56. The van der Waals surface area contributed by atoms with Gasteiger partial charge in [0, 0.05) is 45.3 Å². The summed E-state index contributed by atoms with van der Waals surface area (Å²) >= 11 is 0. The van der Waals surface area contributed by atoms with Gasteiger partial charge in [-0.2, -0.15) is 0 Å². The van der Waals surface area contributed by atoms with Crippen molar-refractivity contribution in [2.45, 2.75) is 13.5 Å². The minimum Gasteiger partial charge on any atom is -0.497 e. The number of aromatic nitrogens is 1. The highest BCUT2D eigenvalue weighted by Crippen LogP contribution is 2.16. The molecule has 152 valence electrons. The van der Waals surface area contributed by atoms with Gasteiger partial charge >= 0.3 is 0 Å². The van der Waals surface area contributed by atoms with E-state index in [2.05, 4.69) is 27.2 Å². The highest BCUT2D eigenvalue weighted by atomic mass is 16.5. The van der Waals surface area contributed by atoms with Crippen LogP contribution in [0.1, 0.15) is 12.6 Å². The minimum absolute atomic E-state index is 0.535. The van der Waals surface area contributed by atoms with E-state index in [0.717, 1.165) is 62.4 Å². The maximum absolute atomic E-state index is 5.76. The maximum atomic E-state index is 5.76. The number of piperazine rings is 1. The van der Waals surface area contributed by atoms with Crippen molar-refractivity contribution in [2.24, 2.45) is 4.99 Å². The number of hydrogen-bond donors (Lipinski definition) is 1. The largest absolute Gasteiger partial charge is 0.497 e. The Morgan fingerprint density at radius 3 is 2.54 bits per heavy atom. The summed E-state index contributed by atoms with van der Waals surface area (Å²) < 4.78 is 15.8. The fourth-order valence-corrected chi connectivity index (χ4v) is 3.08. The van der Waals surface area contributed by atoms with Crippen molar-refractivity contribution in [3.8, 4) is 11.5 Å². The molecular formula is C20H29N5O3. The summed E-state index contributed by atoms with van der Waals surface area (Å²) in [5.74, 6) is 2.59. The lowest BCUT2D eigenvalue weighted by Gasteiger charge is -2.36. The normalized spacial score (nSPS) is 15.5. The van der Waals surface area contributed by atoms with Crippen molar-refractivity contribution in [3.05, 3.63) is 42.3 Å². The van der Waals surface area contributed by atoms with Crippen LogP contribution in [0.2, 0.25) is 0 Å². The van der Waals surface area contributed by atoms with Crippen molar-refractivity contribution >= 4 is 5.96 Å². The molecule has 0 aliphatic carbocycles. The van der Waals surface area contributed by atoms with Crippen molar-refractivity contribution in [1.82, 2.24) is 20.3 Å². The fourth-order valence-electron chi connectivity index (χ4n) is 3.08. The van der Waals surface area contributed by atoms with Gasteiger partial charge in [0.15, 0.2) is 5.96 Å². The summed E-state index contributed by atoms with van der Waals surface area (Å²) in [6.07, 6.45) is 1.62. The van der Waals surface area contributed by atoms with Gasteiger partial charge in [0.1, 0.15) is 24.4 Å². The van der Waals surface area contributed by atoms with Gasteiger partial charge < -0.3 is 24.2 Å². The first-order valence-corrected chi connectivity index (χ1v) is 9.70.